The summed E-state index contributed by atoms with van der Waals surface area (Å²) in [6.45, 7) is 6.75. The van der Waals surface area contributed by atoms with E-state index in [9.17, 15) is 0 Å². The van der Waals surface area contributed by atoms with Crippen molar-refractivity contribution in [3.63, 3.8) is 0 Å². The summed E-state index contributed by atoms with van der Waals surface area (Å²) in [6.07, 6.45) is 4.67. The van der Waals surface area contributed by atoms with Gasteiger partial charge in [-0.1, -0.05) is 37.6 Å². The van der Waals surface area contributed by atoms with Crippen LogP contribution in [0.4, 0.5) is 0 Å². The lowest BCUT2D eigenvalue weighted by molar-refractivity contribution is 0.207. The molecule has 0 fully saturated rings. The molecule has 0 amide bonds. The summed E-state index contributed by atoms with van der Waals surface area (Å²) in [5.41, 5.74) is 9.02. The normalized spacial score (nSPS) is 14.0. The maximum atomic E-state index is 6.44. The van der Waals surface area contributed by atoms with Gasteiger partial charge in [0.05, 0.1) is 16.7 Å². The number of halogens is 1. The average Bonchev–Trinajstić information content (AvgIpc) is 2.96. The Morgan fingerprint density at radius 3 is 2.80 bits per heavy atom. The Labute approximate surface area is 153 Å². The Morgan fingerprint density at radius 1 is 1.28 bits per heavy atom. The molecule has 25 heavy (non-hydrogen) atoms. The van der Waals surface area contributed by atoms with E-state index in [2.05, 4.69) is 18.9 Å². The number of benzene rings is 1. The van der Waals surface area contributed by atoms with Crippen molar-refractivity contribution in [3.8, 4) is 16.9 Å². The monoisotopic (exact) mass is 357 g/mol. The van der Waals surface area contributed by atoms with Crippen molar-refractivity contribution in [3.05, 3.63) is 53.8 Å². The number of nitrogens with two attached hydrogens (primary N) is 1. The Hall–Kier alpha value is -2.04. The van der Waals surface area contributed by atoms with E-state index in [0.29, 0.717) is 23.3 Å². The number of aromatic nitrogens is 2. The van der Waals surface area contributed by atoms with E-state index in [4.69, 9.17) is 22.1 Å². The molecule has 2 heterocycles. The molecule has 0 spiro atoms. The van der Waals surface area contributed by atoms with E-state index in [-0.39, 0.29) is 5.54 Å². The minimum absolute atomic E-state index is 0.376. The third-order valence-corrected chi connectivity index (χ3v) is 4.40. The molecular formula is C20H24ClN3O. The van der Waals surface area contributed by atoms with Gasteiger partial charge in [-0.2, -0.15) is 5.10 Å². The van der Waals surface area contributed by atoms with Gasteiger partial charge in [0, 0.05) is 17.3 Å². The molecule has 2 N–H and O–H groups in total. The van der Waals surface area contributed by atoms with Gasteiger partial charge < -0.3 is 10.5 Å². The molecule has 0 aliphatic carbocycles. The van der Waals surface area contributed by atoms with Crippen LogP contribution < -0.4 is 10.5 Å². The van der Waals surface area contributed by atoms with Gasteiger partial charge in [0.2, 0.25) is 0 Å². The molecule has 5 heteroatoms. The molecule has 0 radical (unpaired) electrons. The van der Waals surface area contributed by atoms with Gasteiger partial charge in [-0.3, -0.25) is 0 Å². The summed E-state index contributed by atoms with van der Waals surface area (Å²) < 4.78 is 7.73. The van der Waals surface area contributed by atoms with E-state index in [1.165, 1.54) is 0 Å². The van der Waals surface area contributed by atoms with Crippen LogP contribution in [-0.4, -0.2) is 21.8 Å². The summed E-state index contributed by atoms with van der Waals surface area (Å²) in [5.74, 6) is 1.18. The van der Waals surface area contributed by atoms with Crippen molar-refractivity contribution in [1.29, 1.82) is 0 Å². The molecule has 0 aliphatic heterocycles. The lowest BCUT2D eigenvalue weighted by Gasteiger charge is -2.26. The molecule has 3 rings (SSSR count). The molecule has 1 atom stereocenters. The van der Waals surface area contributed by atoms with Crippen molar-refractivity contribution in [2.75, 3.05) is 6.61 Å². The molecule has 4 nitrogen and oxygen atoms in total. The van der Waals surface area contributed by atoms with E-state index in [1.807, 2.05) is 60.2 Å². The van der Waals surface area contributed by atoms with Gasteiger partial charge in [-0.05, 0) is 49.1 Å². The number of nitrogens with zero attached hydrogens (tertiary/aromatic N) is 2. The second-order valence-corrected chi connectivity index (χ2v) is 7.68. The smallest absolute Gasteiger partial charge is 0.138 e. The first-order chi connectivity index (χ1) is 11.9. The van der Waals surface area contributed by atoms with Crippen LogP contribution in [0, 0.1) is 5.92 Å². The summed E-state index contributed by atoms with van der Waals surface area (Å²) >= 11 is 6.44. The van der Waals surface area contributed by atoms with Crippen LogP contribution in [0.1, 0.15) is 27.2 Å². The fraction of sp³-hybridized carbons (Fsp3) is 0.350. The predicted molar refractivity (Wildman–Crippen MR) is 103 cm³/mol. The van der Waals surface area contributed by atoms with E-state index in [1.54, 1.807) is 0 Å². The molecule has 0 bridgehead atoms. The van der Waals surface area contributed by atoms with Gasteiger partial charge in [0.25, 0.3) is 0 Å². The second-order valence-electron chi connectivity index (χ2n) is 7.27. The van der Waals surface area contributed by atoms with Crippen LogP contribution in [0.5, 0.6) is 5.75 Å². The average molecular weight is 358 g/mol. The first-order valence-electron chi connectivity index (χ1n) is 8.50. The Kier molecular flexibility index (Phi) is 5.02. The lowest BCUT2D eigenvalue weighted by atomic mass is 9.93. The maximum absolute atomic E-state index is 6.44. The third kappa shape index (κ3) is 4.14. The summed E-state index contributed by atoms with van der Waals surface area (Å²) in [7, 11) is 0. The highest BCUT2D eigenvalue weighted by molar-refractivity contribution is 6.32. The maximum Gasteiger partial charge on any atom is 0.138 e. The highest BCUT2D eigenvalue weighted by Gasteiger charge is 2.21. The first-order valence-corrected chi connectivity index (χ1v) is 8.87. The van der Waals surface area contributed by atoms with Gasteiger partial charge in [-0.25, -0.2) is 4.52 Å². The van der Waals surface area contributed by atoms with E-state index >= 15 is 0 Å². The molecule has 0 saturated carbocycles. The SMILES string of the molecule is CC(C)C[C@](C)(N)COc1ccc(-c2cnn3ccccc23)cc1Cl. The molecular weight excluding hydrogens is 334 g/mol. The molecule has 0 saturated heterocycles. The summed E-state index contributed by atoms with van der Waals surface area (Å²) in [5, 5.41) is 4.95. The topological polar surface area (TPSA) is 52.5 Å². The number of pyridine rings is 1. The Bertz CT molecular complexity index is 870. The Balaban J connectivity index is 1.79. The van der Waals surface area contributed by atoms with Crippen LogP contribution >= 0.6 is 11.6 Å². The van der Waals surface area contributed by atoms with Crippen LogP contribution in [0.3, 0.4) is 0 Å². The second kappa shape index (κ2) is 7.06. The largest absolute Gasteiger partial charge is 0.490 e. The van der Waals surface area contributed by atoms with Crippen molar-refractivity contribution < 1.29 is 4.74 Å². The molecule has 3 aromatic rings. The van der Waals surface area contributed by atoms with Crippen molar-refractivity contribution in [2.24, 2.45) is 11.7 Å². The number of hydrogen-bond donors (Lipinski definition) is 1. The van der Waals surface area contributed by atoms with Gasteiger partial charge >= 0.3 is 0 Å². The number of fused-ring (bicyclic) bond motifs is 1. The molecule has 132 valence electrons. The molecule has 0 unspecified atom stereocenters. The molecule has 0 aliphatic rings. The lowest BCUT2D eigenvalue weighted by Crippen LogP contribution is -2.43. The minimum Gasteiger partial charge on any atom is -0.490 e. The standard InChI is InChI=1S/C20H24ClN3O/c1-14(2)11-20(3,22)13-25-19-8-7-15(10-17(19)21)16-12-23-24-9-5-4-6-18(16)24/h4-10,12,14H,11,13,22H2,1-3H3/t20-/m0/s1. The highest BCUT2D eigenvalue weighted by atomic mass is 35.5. The highest BCUT2D eigenvalue weighted by Crippen LogP contribution is 2.32. The fourth-order valence-corrected chi connectivity index (χ4v) is 3.41. The van der Waals surface area contributed by atoms with E-state index in [0.717, 1.165) is 23.1 Å². The third-order valence-electron chi connectivity index (χ3n) is 4.10. The zero-order valence-electron chi connectivity index (χ0n) is 14.9. The zero-order chi connectivity index (χ0) is 18.0. The summed E-state index contributed by atoms with van der Waals surface area (Å²) in [4.78, 5) is 0. The van der Waals surface area contributed by atoms with Crippen LogP contribution in [0.25, 0.3) is 16.6 Å². The van der Waals surface area contributed by atoms with Gasteiger partial charge in [0.1, 0.15) is 12.4 Å². The van der Waals surface area contributed by atoms with Crippen molar-refractivity contribution in [1.82, 2.24) is 9.61 Å². The zero-order valence-corrected chi connectivity index (χ0v) is 15.6. The van der Waals surface area contributed by atoms with E-state index < -0.39 is 0 Å². The Morgan fingerprint density at radius 2 is 2.08 bits per heavy atom. The molecule has 1 aromatic carbocycles. The predicted octanol–water partition coefficient (Wildman–Crippen LogP) is 4.80. The molecule has 2 aromatic heterocycles. The van der Waals surface area contributed by atoms with Gasteiger partial charge in [-0.15, -0.1) is 0 Å². The van der Waals surface area contributed by atoms with Crippen molar-refractivity contribution in [2.45, 2.75) is 32.7 Å². The summed E-state index contributed by atoms with van der Waals surface area (Å²) in [6, 6.07) is 11.8. The quantitative estimate of drug-likeness (QED) is 0.689. The van der Waals surface area contributed by atoms with Gasteiger partial charge in [0.15, 0.2) is 0 Å². The van der Waals surface area contributed by atoms with Crippen LogP contribution in [0.15, 0.2) is 48.8 Å². The van der Waals surface area contributed by atoms with Crippen molar-refractivity contribution >= 4 is 17.1 Å². The number of rotatable bonds is 6. The number of ether oxygens (including phenoxy) is 1. The van der Waals surface area contributed by atoms with Crippen LogP contribution in [-0.2, 0) is 0 Å². The number of hydrogen-bond acceptors (Lipinski definition) is 3. The van der Waals surface area contributed by atoms with Crippen LogP contribution in [0.2, 0.25) is 5.02 Å². The first kappa shape index (κ1) is 17.8. The fourth-order valence-electron chi connectivity index (χ4n) is 3.18. The minimum atomic E-state index is -0.376.